The van der Waals surface area contributed by atoms with Crippen molar-refractivity contribution in [1.82, 2.24) is 10.5 Å². The summed E-state index contributed by atoms with van der Waals surface area (Å²) in [5.74, 6) is -0.897. The smallest absolute Gasteiger partial charge is 0.278 e. The summed E-state index contributed by atoms with van der Waals surface area (Å²) in [6.45, 7) is 7.43. The number of benzene rings is 1. The molecule has 1 aromatic carbocycles. The first-order valence-corrected chi connectivity index (χ1v) is 9.77. The summed E-state index contributed by atoms with van der Waals surface area (Å²) >= 11 is 1.26. The number of aliphatic hydroxyl groups excluding tert-OH is 1. The second-order valence-corrected chi connectivity index (χ2v) is 6.72. The Bertz CT molecular complexity index is 959. The molecule has 0 saturated heterocycles. The third-order valence-corrected chi connectivity index (χ3v) is 4.77. The van der Waals surface area contributed by atoms with Gasteiger partial charge in [-0.2, -0.15) is 0 Å². The van der Waals surface area contributed by atoms with Gasteiger partial charge in [0, 0.05) is 11.6 Å². The lowest BCUT2D eigenvalue weighted by Gasteiger charge is -2.10. The fourth-order valence-electron chi connectivity index (χ4n) is 2.54. The molecule has 6 nitrogen and oxygen atoms in total. The van der Waals surface area contributed by atoms with Crippen molar-refractivity contribution in [3.8, 4) is 0 Å². The Hall–Kier alpha value is -2.55. The second kappa shape index (κ2) is 10.1. The summed E-state index contributed by atoms with van der Waals surface area (Å²) < 4.78 is 14.2. The molecule has 0 aliphatic heterocycles. The van der Waals surface area contributed by atoms with Crippen LogP contribution in [0.2, 0.25) is 0 Å². The van der Waals surface area contributed by atoms with Crippen molar-refractivity contribution in [2.24, 2.45) is 0 Å². The van der Waals surface area contributed by atoms with Gasteiger partial charge < -0.3 is 10.4 Å². The molecule has 28 heavy (non-hydrogen) atoms. The molecule has 0 fully saturated rings. The molecule has 0 spiro atoms. The molecule has 0 radical (unpaired) electrons. The molecular weight excluding hydrogens is 381 g/mol. The number of amides is 1. The monoisotopic (exact) mass is 405 g/mol. The number of aryl methyl sites for hydroxylation is 2. The third-order valence-electron chi connectivity index (χ3n) is 3.76. The van der Waals surface area contributed by atoms with E-state index < -0.39 is 11.7 Å². The quantitative estimate of drug-likeness (QED) is 0.416. The number of anilines is 2. The molecule has 2 heterocycles. The fourth-order valence-corrected chi connectivity index (χ4v) is 3.67. The van der Waals surface area contributed by atoms with E-state index >= 15 is 0 Å². The number of carbonyl (C=O) groups is 1. The van der Waals surface area contributed by atoms with Crippen LogP contribution in [0.3, 0.4) is 0 Å². The first-order valence-electron chi connectivity index (χ1n) is 8.95. The second-order valence-electron chi connectivity index (χ2n) is 5.73. The number of fused-ring (bicyclic) bond motifs is 1. The van der Waals surface area contributed by atoms with Crippen molar-refractivity contribution in [2.75, 3.05) is 18.5 Å². The number of hydrogen-bond donors (Lipinski definition) is 3. The maximum Gasteiger partial charge on any atom is 0.278 e. The van der Waals surface area contributed by atoms with Crippen LogP contribution in [0.4, 0.5) is 15.1 Å². The minimum atomic E-state index is -0.490. The van der Waals surface area contributed by atoms with Crippen LogP contribution in [0.15, 0.2) is 30.5 Å². The zero-order chi connectivity index (χ0) is 20.7. The Morgan fingerprint density at radius 1 is 1.29 bits per heavy atom. The molecular formula is C20H24FN3O3S. The number of hydrogen-bond acceptors (Lipinski definition) is 6. The average Bonchev–Trinajstić information content (AvgIpc) is 3.05. The predicted octanol–water partition coefficient (Wildman–Crippen LogP) is 4.48. The van der Waals surface area contributed by atoms with E-state index in [0.717, 1.165) is 11.1 Å². The lowest BCUT2D eigenvalue weighted by atomic mass is 10.1. The third kappa shape index (κ3) is 4.83. The van der Waals surface area contributed by atoms with Crippen molar-refractivity contribution in [3.05, 3.63) is 53.0 Å². The van der Waals surface area contributed by atoms with E-state index in [0.29, 0.717) is 20.8 Å². The summed E-state index contributed by atoms with van der Waals surface area (Å²) in [5, 5.41) is 12.9. The summed E-state index contributed by atoms with van der Waals surface area (Å²) in [6.07, 6.45) is 1.66. The molecule has 8 heteroatoms. The lowest BCUT2D eigenvalue weighted by Crippen LogP contribution is -2.25. The van der Waals surface area contributed by atoms with Crippen molar-refractivity contribution in [2.45, 2.75) is 27.7 Å². The van der Waals surface area contributed by atoms with Crippen molar-refractivity contribution >= 4 is 38.1 Å². The number of halogens is 1. The number of hydroxylamine groups is 1. The number of rotatable bonds is 6. The molecule has 1 amide bonds. The van der Waals surface area contributed by atoms with E-state index in [9.17, 15) is 9.18 Å². The van der Waals surface area contributed by atoms with Gasteiger partial charge in [0.2, 0.25) is 0 Å². The van der Waals surface area contributed by atoms with Crippen LogP contribution >= 0.6 is 11.3 Å². The van der Waals surface area contributed by atoms with Crippen LogP contribution in [0.1, 0.15) is 35.3 Å². The Labute approximate surface area is 167 Å². The van der Waals surface area contributed by atoms with Gasteiger partial charge in [-0.1, -0.05) is 31.3 Å². The van der Waals surface area contributed by atoms with Gasteiger partial charge in [0.25, 0.3) is 5.91 Å². The van der Waals surface area contributed by atoms with E-state index in [1.807, 2.05) is 20.8 Å². The van der Waals surface area contributed by atoms with Crippen molar-refractivity contribution in [1.29, 1.82) is 0 Å². The van der Waals surface area contributed by atoms with Gasteiger partial charge >= 0.3 is 0 Å². The molecule has 3 rings (SSSR count). The highest BCUT2D eigenvalue weighted by atomic mass is 32.1. The van der Waals surface area contributed by atoms with Crippen LogP contribution in [-0.2, 0) is 4.84 Å². The molecule has 3 N–H and O–H groups in total. The van der Waals surface area contributed by atoms with Gasteiger partial charge in [0.15, 0.2) is 0 Å². The van der Waals surface area contributed by atoms with E-state index in [4.69, 9.17) is 9.94 Å². The number of thiophene rings is 1. The van der Waals surface area contributed by atoms with E-state index in [-0.39, 0.29) is 18.9 Å². The highest BCUT2D eigenvalue weighted by molar-refractivity contribution is 7.23. The number of pyridine rings is 1. The Balaban J connectivity index is 0.00000136. The predicted molar refractivity (Wildman–Crippen MR) is 111 cm³/mol. The number of nitrogens with zero attached hydrogens (tertiary/aromatic N) is 1. The van der Waals surface area contributed by atoms with E-state index in [2.05, 4.69) is 15.8 Å². The SMILES string of the molecule is CC.Cc1ccc(Nc2sc3nccc(C)c3c2C(=O)NOCCO)c(F)c1. The first-order chi connectivity index (χ1) is 13.5. The highest BCUT2D eigenvalue weighted by Gasteiger charge is 2.22. The maximum atomic E-state index is 14.2. The Kier molecular flexibility index (Phi) is 7.86. The standard InChI is InChI=1S/C18H18FN3O3S.C2H6/c1-10-3-4-13(12(19)9-10)21-18-15(16(24)22-25-8-7-23)14-11(2)5-6-20-17(14)26-18;1-2/h3-6,9,21,23H,7-8H2,1-2H3,(H,22,24);1-2H3. The van der Waals surface area contributed by atoms with Gasteiger partial charge in [0.1, 0.15) is 15.6 Å². The van der Waals surface area contributed by atoms with E-state index in [1.54, 1.807) is 31.3 Å². The first kappa shape index (κ1) is 21.7. The van der Waals surface area contributed by atoms with Crippen molar-refractivity contribution < 1.29 is 19.1 Å². The van der Waals surface area contributed by atoms with Crippen LogP contribution in [-0.4, -0.2) is 29.2 Å². The van der Waals surface area contributed by atoms with Gasteiger partial charge in [-0.05, 0) is 43.2 Å². The summed E-state index contributed by atoms with van der Waals surface area (Å²) in [7, 11) is 0. The van der Waals surface area contributed by atoms with Gasteiger partial charge in [-0.3, -0.25) is 9.63 Å². The molecule has 150 valence electrons. The zero-order valence-corrected chi connectivity index (χ0v) is 17.1. The number of aromatic nitrogens is 1. The molecule has 0 aliphatic rings. The lowest BCUT2D eigenvalue weighted by molar-refractivity contribution is 0.0170. The van der Waals surface area contributed by atoms with Gasteiger partial charge in [0.05, 0.1) is 24.5 Å². The minimum Gasteiger partial charge on any atom is -0.394 e. The van der Waals surface area contributed by atoms with Crippen LogP contribution < -0.4 is 10.8 Å². The normalized spacial score (nSPS) is 10.4. The number of nitrogens with one attached hydrogen (secondary N) is 2. The van der Waals surface area contributed by atoms with Crippen LogP contribution in [0, 0.1) is 19.7 Å². The zero-order valence-electron chi connectivity index (χ0n) is 16.3. The highest BCUT2D eigenvalue weighted by Crippen LogP contribution is 2.38. The fraction of sp³-hybridized carbons (Fsp3) is 0.300. The van der Waals surface area contributed by atoms with Crippen molar-refractivity contribution in [3.63, 3.8) is 0 Å². The molecule has 0 bridgehead atoms. The topological polar surface area (TPSA) is 83.5 Å². The molecule has 0 unspecified atom stereocenters. The largest absolute Gasteiger partial charge is 0.394 e. The summed E-state index contributed by atoms with van der Waals surface area (Å²) in [6, 6.07) is 6.63. The van der Waals surface area contributed by atoms with Crippen LogP contribution in [0.25, 0.3) is 10.2 Å². The Morgan fingerprint density at radius 2 is 2.04 bits per heavy atom. The maximum absolute atomic E-state index is 14.2. The molecule has 0 atom stereocenters. The van der Waals surface area contributed by atoms with Gasteiger partial charge in [-0.25, -0.2) is 14.9 Å². The molecule has 3 aromatic rings. The summed E-state index contributed by atoms with van der Waals surface area (Å²) in [5.41, 5.74) is 4.57. The Morgan fingerprint density at radius 3 is 2.71 bits per heavy atom. The summed E-state index contributed by atoms with van der Waals surface area (Å²) in [4.78, 5) is 22.5. The van der Waals surface area contributed by atoms with Crippen LogP contribution in [0.5, 0.6) is 0 Å². The minimum absolute atomic E-state index is 0.0274. The number of carbonyl (C=O) groups excluding carboxylic acids is 1. The molecule has 0 saturated carbocycles. The average molecular weight is 405 g/mol. The molecule has 0 aliphatic carbocycles. The number of aliphatic hydroxyl groups is 1. The van der Waals surface area contributed by atoms with Gasteiger partial charge in [-0.15, -0.1) is 0 Å². The molecule has 2 aromatic heterocycles. The van der Waals surface area contributed by atoms with E-state index in [1.165, 1.54) is 17.4 Å².